The number of para-hydroxylation sites is 1. The van der Waals surface area contributed by atoms with Crippen LogP contribution in [0.3, 0.4) is 0 Å². The lowest BCUT2D eigenvalue weighted by molar-refractivity contribution is 0.287. The molecule has 3 aromatic rings. The molecule has 28 heavy (non-hydrogen) atoms. The Morgan fingerprint density at radius 1 is 1.00 bits per heavy atom. The van der Waals surface area contributed by atoms with Crippen LogP contribution in [0.25, 0.3) is 23.1 Å². The molecule has 0 N–H and O–H groups in total. The summed E-state index contributed by atoms with van der Waals surface area (Å²) < 4.78 is 18.1. The average Bonchev–Trinajstić information content (AvgIpc) is 2.71. The van der Waals surface area contributed by atoms with E-state index in [1.165, 1.54) is 4.57 Å². The van der Waals surface area contributed by atoms with Crippen molar-refractivity contribution < 1.29 is 14.2 Å². The second-order valence-electron chi connectivity index (χ2n) is 6.10. The van der Waals surface area contributed by atoms with Crippen LogP contribution >= 0.6 is 0 Å². The Morgan fingerprint density at radius 3 is 2.46 bits per heavy atom. The Bertz CT molecular complexity index is 1070. The van der Waals surface area contributed by atoms with Crippen LogP contribution in [0.2, 0.25) is 0 Å². The minimum Gasteiger partial charge on any atom is -0.494 e. The van der Waals surface area contributed by atoms with Crippen LogP contribution in [0, 0.1) is 0 Å². The standard InChI is InChI=1S/C22H24N2O4/c1-5-27-17-12-10-15(14-19(17)28-6-2)11-13-20-23-21-16(22(25)24(20)3)8-7-9-18(21)26-4/h7-14H,5-6H2,1-4H3/b13-11+. The van der Waals surface area contributed by atoms with Crippen LogP contribution < -0.4 is 19.8 Å². The third kappa shape index (κ3) is 3.86. The summed E-state index contributed by atoms with van der Waals surface area (Å²) in [4.78, 5) is 17.3. The van der Waals surface area contributed by atoms with E-state index in [0.29, 0.717) is 47.2 Å². The molecule has 0 bridgehead atoms. The average molecular weight is 380 g/mol. The molecule has 1 aromatic heterocycles. The van der Waals surface area contributed by atoms with Gasteiger partial charge in [-0.25, -0.2) is 4.98 Å². The minimum atomic E-state index is -0.120. The van der Waals surface area contributed by atoms with Crippen molar-refractivity contribution in [2.24, 2.45) is 7.05 Å². The van der Waals surface area contributed by atoms with E-state index < -0.39 is 0 Å². The lowest BCUT2D eigenvalue weighted by atomic mass is 10.1. The van der Waals surface area contributed by atoms with E-state index >= 15 is 0 Å². The smallest absolute Gasteiger partial charge is 0.261 e. The third-order valence-electron chi connectivity index (χ3n) is 4.32. The lowest BCUT2D eigenvalue weighted by Crippen LogP contribution is -2.20. The normalized spacial score (nSPS) is 11.1. The topological polar surface area (TPSA) is 62.6 Å². The highest BCUT2D eigenvalue weighted by Gasteiger charge is 2.10. The molecule has 146 valence electrons. The number of aromatic nitrogens is 2. The molecule has 0 saturated heterocycles. The van der Waals surface area contributed by atoms with Crippen molar-refractivity contribution in [3.05, 3.63) is 58.1 Å². The summed E-state index contributed by atoms with van der Waals surface area (Å²) in [5, 5.41) is 0.527. The van der Waals surface area contributed by atoms with Crippen LogP contribution in [0.4, 0.5) is 0 Å². The lowest BCUT2D eigenvalue weighted by Gasteiger charge is -2.11. The van der Waals surface area contributed by atoms with Crippen molar-refractivity contribution >= 4 is 23.1 Å². The highest BCUT2D eigenvalue weighted by atomic mass is 16.5. The number of methoxy groups -OCH3 is 1. The van der Waals surface area contributed by atoms with Crippen LogP contribution in [0.1, 0.15) is 25.2 Å². The molecule has 0 aliphatic carbocycles. The van der Waals surface area contributed by atoms with E-state index in [9.17, 15) is 4.79 Å². The first-order valence-corrected chi connectivity index (χ1v) is 9.20. The Hall–Kier alpha value is -3.28. The minimum absolute atomic E-state index is 0.120. The number of fused-ring (bicyclic) bond motifs is 1. The monoisotopic (exact) mass is 380 g/mol. The van der Waals surface area contributed by atoms with E-state index in [1.54, 1.807) is 38.4 Å². The molecular weight excluding hydrogens is 356 g/mol. The fraction of sp³-hybridized carbons (Fsp3) is 0.273. The molecular formula is C22H24N2O4. The van der Waals surface area contributed by atoms with Gasteiger partial charge < -0.3 is 14.2 Å². The van der Waals surface area contributed by atoms with Crippen molar-refractivity contribution in [2.75, 3.05) is 20.3 Å². The Kier molecular flexibility index (Phi) is 5.99. The Balaban J connectivity index is 2.02. The van der Waals surface area contributed by atoms with Crippen molar-refractivity contribution in [3.8, 4) is 17.2 Å². The zero-order valence-corrected chi connectivity index (χ0v) is 16.6. The molecule has 6 nitrogen and oxygen atoms in total. The zero-order chi connectivity index (χ0) is 20.1. The van der Waals surface area contributed by atoms with E-state index in [4.69, 9.17) is 14.2 Å². The van der Waals surface area contributed by atoms with Crippen LogP contribution in [-0.2, 0) is 7.05 Å². The first-order chi connectivity index (χ1) is 13.6. The Labute approximate surface area is 164 Å². The van der Waals surface area contributed by atoms with Gasteiger partial charge in [0.25, 0.3) is 5.56 Å². The highest BCUT2D eigenvalue weighted by Crippen LogP contribution is 2.29. The summed E-state index contributed by atoms with van der Waals surface area (Å²) in [6.07, 6.45) is 3.69. The number of nitrogens with zero attached hydrogens (tertiary/aromatic N) is 2. The molecule has 0 aliphatic rings. The quantitative estimate of drug-likeness (QED) is 0.622. The molecule has 0 fully saturated rings. The van der Waals surface area contributed by atoms with Gasteiger partial charge >= 0.3 is 0 Å². The van der Waals surface area contributed by atoms with Gasteiger partial charge in [-0.05, 0) is 49.8 Å². The number of hydrogen-bond acceptors (Lipinski definition) is 5. The van der Waals surface area contributed by atoms with Gasteiger partial charge in [0.1, 0.15) is 17.1 Å². The van der Waals surface area contributed by atoms with Gasteiger partial charge in [0, 0.05) is 7.05 Å². The van der Waals surface area contributed by atoms with Crippen LogP contribution in [0.15, 0.2) is 41.2 Å². The van der Waals surface area contributed by atoms with Crippen molar-refractivity contribution in [2.45, 2.75) is 13.8 Å². The number of benzene rings is 2. The fourth-order valence-electron chi connectivity index (χ4n) is 2.94. The van der Waals surface area contributed by atoms with Gasteiger partial charge in [0.2, 0.25) is 0 Å². The first-order valence-electron chi connectivity index (χ1n) is 9.20. The maximum atomic E-state index is 12.7. The fourth-order valence-corrected chi connectivity index (χ4v) is 2.94. The third-order valence-corrected chi connectivity index (χ3v) is 4.32. The second kappa shape index (κ2) is 8.61. The molecule has 0 radical (unpaired) electrons. The molecule has 0 saturated carbocycles. The number of rotatable bonds is 7. The van der Waals surface area contributed by atoms with Crippen LogP contribution in [0.5, 0.6) is 17.2 Å². The molecule has 0 unspecified atom stereocenters. The summed E-state index contributed by atoms with van der Waals surface area (Å²) in [6.45, 7) is 4.98. The van der Waals surface area contributed by atoms with Gasteiger partial charge in [0.05, 0.1) is 25.7 Å². The molecule has 3 rings (SSSR count). The maximum Gasteiger partial charge on any atom is 0.261 e. The SMILES string of the molecule is CCOc1ccc(/C=C/c2nc3c(OC)cccc3c(=O)n2C)cc1OCC. The van der Waals surface area contributed by atoms with E-state index in [2.05, 4.69) is 4.98 Å². The van der Waals surface area contributed by atoms with Gasteiger partial charge in [-0.2, -0.15) is 0 Å². The summed E-state index contributed by atoms with van der Waals surface area (Å²) in [7, 11) is 3.27. The zero-order valence-electron chi connectivity index (χ0n) is 16.6. The molecule has 0 spiro atoms. The van der Waals surface area contributed by atoms with Gasteiger partial charge in [-0.15, -0.1) is 0 Å². The molecule has 1 heterocycles. The predicted octanol–water partition coefficient (Wildman–Crippen LogP) is 3.91. The van der Waals surface area contributed by atoms with Crippen LogP contribution in [-0.4, -0.2) is 29.9 Å². The molecule has 0 aliphatic heterocycles. The maximum absolute atomic E-state index is 12.7. The summed E-state index contributed by atoms with van der Waals surface area (Å²) in [5.74, 6) is 2.51. The van der Waals surface area contributed by atoms with Gasteiger partial charge in [-0.3, -0.25) is 9.36 Å². The van der Waals surface area contributed by atoms with Crippen molar-refractivity contribution in [3.63, 3.8) is 0 Å². The summed E-state index contributed by atoms with van der Waals surface area (Å²) >= 11 is 0. The predicted molar refractivity (Wildman–Crippen MR) is 111 cm³/mol. The largest absolute Gasteiger partial charge is 0.494 e. The molecule has 0 atom stereocenters. The van der Waals surface area contributed by atoms with Gasteiger partial charge in [-0.1, -0.05) is 18.2 Å². The number of ether oxygens (including phenoxy) is 3. The molecule has 2 aromatic carbocycles. The first kappa shape index (κ1) is 19.5. The summed E-state index contributed by atoms with van der Waals surface area (Å²) in [6, 6.07) is 11.1. The van der Waals surface area contributed by atoms with E-state index in [0.717, 1.165) is 5.56 Å². The van der Waals surface area contributed by atoms with E-state index in [-0.39, 0.29) is 5.56 Å². The number of hydrogen-bond donors (Lipinski definition) is 0. The van der Waals surface area contributed by atoms with Gasteiger partial charge in [0.15, 0.2) is 11.5 Å². The van der Waals surface area contributed by atoms with E-state index in [1.807, 2.05) is 38.1 Å². The highest BCUT2D eigenvalue weighted by molar-refractivity contribution is 5.85. The Morgan fingerprint density at radius 2 is 1.75 bits per heavy atom. The molecule has 6 heteroatoms. The second-order valence-corrected chi connectivity index (χ2v) is 6.10. The van der Waals surface area contributed by atoms with Crippen molar-refractivity contribution in [1.82, 2.24) is 9.55 Å². The molecule has 0 amide bonds. The summed E-state index contributed by atoms with van der Waals surface area (Å²) in [5.41, 5.74) is 1.35. The van der Waals surface area contributed by atoms with Crippen molar-refractivity contribution in [1.29, 1.82) is 0 Å².